The van der Waals surface area contributed by atoms with Gasteiger partial charge in [0.2, 0.25) is 0 Å². The number of aromatic nitrogens is 1. The molecule has 0 radical (unpaired) electrons. The zero-order valence-corrected chi connectivity index (χ0v) is 14.9. The molecule has 1 nitrogen and oxygen atoms in total. The maximum atomic E-state index is 4.29. The first-order valence-corrected chi connectivity index (χ1v) is 8.49. The van der Waals surface area contributed by atoms with E-state index < -0.39 is 0 Å². The SMILES string of the molecule is C=C(CCC=C(C)C)c1ccc2c(C(=C)C)c3ccccn3c2c1. The Morgan fingerprint density at radius 1 is 1.04 bits per heavy atom. The third-order valence-corrected chi connectivity index (χ3v) is 4.48. The normalized spacial score (nSPS) is 11.0. The summed E-state index contributed by atoms with van der Waals surface area (Å²) in [6, 6.07) is 13.0. The third kappa shape index (κ3) is 2.94. The Morgan fingerprint density at radius 3 is 2.54 bits per heavy atom. The van der Waals surface area contributed by atoms with Crippen LogP contribution in [0.5, 0.6) is 0 Å². The first-order valence-electron chi connectivity index (χ1n) is 8.49. The molecule has 0 saturated heterocycles. The molecule has 2 heterocycles. The predicted molar refractivity (Wildman–Crippen MR) is 107 cm³/mol. The minimum atomic E-state index is 0.993. The fourth-order valence-corrected chi connectivity index (χ4v) is 3.29. The fourth-order valence-electron chi connectivity index (χ4n) is 3.29. The van der Waals surface area contributed by atoms with E-state index >= 15 is 0 Å². The van der Waals surface area contributed by atoms with E-state index in [2.05, 4.69) is 87.0 Å². The topological polar surface area (TPSA) is 4.41 Å². The van der Waals surface area contributed by atoms with E-state index in [-0.39, 0.29) is 0 Å². The minimum Gasteiger partial charge on any atom is -0.316 e. The Labute approximate surface area is 144 Å². The summed E-state index contributed by atoms with van der Waals surface area (Å²) in [5, 5.41) is 1.26. The number of hydrogen-bond acceptors (Lipinski definition) is 0. The number of rotatable bonds is 5. The maximum Gasteiger partial charge on any atom is 0.0541 e. The van der Waals surface area contributed by atoms with E-state index in [0.717, 1.165) is 18.4 Å². The zero-order valence-electron chi connectivity index (χ0n) is 14.9. The molecule has 0 spiro atoms. The van der Waals surface area contributed by atoms with Gasteiger partial charge in [0.05, 0.1) is 11.0 Å². The highest BCUT2D eigenvalue weighted by Crippen LogP contribution is 2.33. The van der Waals surface area contributed by atoms with Crippen molar-refractivity contribution in [2.75, 3.05) is 0 Å². The van der Waals surface area contributed by atoms with Gasteiger partial charge in [0.25, 0.3) is 0 Å². The van der Waals surface area contributed by atoms with Crippen molar-refractivity contribution in [2.45, 2.75) is 33.6 Å². The van der Waals surface area contributed by atoms with Crippen LogP contribution in [0.4, 0.5) is 0 Å². The molecule has 0 aliphatic carbocycles. The maximum absolute atomic E-state index is 4.29. The molecule has 1 heteroatoms. The lowest BCUT2D eigenvalue weighted by Gasteiger charge is -2.06. The van der Waals surface area contributed by atoms with Crippen molar-refractivity contribution in [3.8, 4) is 0 Å². The van der Waals surface area contributed by atoms with Gasteiger partial charge in [-0.3, -0.25) is 0 Å². The van der Waals surface area contributed by atoms with Crippen molar-refractivity contribution in [3.05, 3.63) is 78.5 Å². The molecule has 0 N–H and O–H groups in total. The smallest absolute Gasteiger partial charge is 0.0541 e. The van der Waals surface area contributed by atoms with Gasteiger partial charge in [-0.2, -0.15) is 0 Å². The van der Waals surface area contributed by atoms with Gasteiger partial charge in [-0.15, -0.1) is 0 Å². The first-order chi connectivity index (χ1) is 11.5. The van der Waals surface area contributed by atoms with Crippen LogP contribution >= 0.6 is 0 Å². The van der Waals surface area contributed by atoms with E-state index in [0.29, 0.717) is 0 Å². The van der Waals surface area contributed by atoms with Crippen LogP contribution in [0.15, 0.2) is 67.4 Å². The van der Waals surface area contributed by atoms with Gasteiger partial charge in [0, 0.05) is 17.1 Å². The summed E-state index contributed by atoms with van der Waals surface area (Å²) in [6.45, 7) is 14.8. The Hall–Kier alpha value is -2.54. The lowest BCUT2D eigenvalue weighted by Crippen LogP contribution is -1.86. The molecule has 24 heavy (non-hydrogen) atoms. The van der Waals surface area contributed by atoms with Crippen molar-refractivity contribution in [2.24, 2.45) is 0 Å². The quantitative estimate of drug-likeness (QED) is 0.452. The zero-order chi connectivity index (χ0) is 17.3. The average Bonchev–Trinajstić information content (AvgIpc) is 2.88. The molecule has 3 rings (SSSR count). The van der Waals surface area contributed by atoms with Gasteiger partial charge in [-0.1, -0.05) is 43.0 Å². The summed E-state index contributed by atoms with van der Waals surface area (Å²) >= 11 is 0. The fraction of sp³-hybridized carbons (Fsp3) is 0.217. The molecule has 0 aliphatic heterocycles. The van der Waals surface area contributed by atoms with Crippen LogP contribution in [0, 0.1) is 0 Å². The van der Waals surface area contributed by atoms with E-state index in [1.165, 1.54) is 38.7 Å². The molecular weight excluding hydrogens is 290 g/mol. The summed E-state index contributed by atoms with van der Waals surface area (Å²) in [6.07, 6.45) is 6.44. The molecule has 0 aliphatic rings. The van der Waals surface area contributed by atoms with E-state index in [1.54, 1.807) is 0 Å². The van der Waals surface area contributed by atoms with E-state index in [1.807, 2.05) is 0 Å². The van der Waals surface area contributed by atoms with Crippen molar-refractivity contribution in [3.63, 3.8) is 0 Å². The average molecular weight is 315 g/mol. The monoisotopic (exact) mass is 315 g/mol. The van der Waals surface area contributed by atoms with Crippen LogP contribution in [-0.4, -0.2) is 4.40 Å². The second kappa shape index (κ2) is 6.52. The van der Waals surface area contributed by atoms with Crippen LogP contribution < -0.4 is 0 Å². The van der Waals surface area contributed by atoms with Gasteiger partial charge < -0.3 is 4.40 Å². The molecule has 1 aromatic carbocycles. The number of benzene rings is 1. The summed E-state index contributed by atoms with van der Waals surface area (Å²) in [7, 11) is 0. The summed E-state index contributed by atoms with van der Waals surface area (Å²) in [4.78, 5) is 0. The van der Waals surface area contributed by atoms with Crippen LogP contribution in [0.25, 0.3) is 27.6 Å². The minimum absolute atomic E-state index is 0.993. The molecular formula is C23H25N. The van der Waals surface area contributed by atoms with Gasteiger partial charge in [0.1, 0.15) is 0 Å². The third-order valence-electron chi connectivity index (χ3n) is 4.48. The first kappa shape index (κ1) is 16.3. The summed E-state index contributed by atoms with van der Waals surface area (Å²) in [5.41, 5.74) is 8.56. The Bertz CT molecular complexity index is 962. The standard InChI is InChI=1S/C23H25N/c1-16(2)9-8-10-18(5)19-12-13-20-22(15-19)24-14-7-6-11-21(24)23(20)17(3)4/h6-7,9,11-15H,3,5,8,10H2,1-2,4H3. The molecule has 3 aromatic rings. The van der Waals surface area contributed by atoms with E-state index in [9.17, 15) is 0 Å². The highest BCUT2D eigenvalue weighted by Gasteiger charge is 2.12. The van der Waals surface area contributed by atoms with Gasteiger partial charge in [-0.05, 0) is 68.5 Å². The highest BCUT2D eigenvalue weighted by molar-refractivity contribution is 6.01. The molecule has 0 unspecified atom stereocenters. The lowest BCUT2D eigenvalue weighted by molar-refractivity contribution is 1.05. The number of fused-ring (bicyclic) bond motifs is 3. The van der Waals surface area contributed by atoms with E-state index in [4.69, 9.17) is 0 Å². The molecule has 2 aromatic heterocycles. The number of allylic oxidation sites excluding steroid dienone is 4. The molecule has 0 atom stereocenters. The van der Waals surface area contributed by atoms with Crippen molar-refractivity contribution < 1.29 is 0 Å². The van der Waals surface area contributed by atoms with Crippen molar-refractivity contribution in [1.29, 1.82) is 0 Å². The second-order valence-electron chi connectivity index (χ2n) is 6.77. The van der Waals surface area contributed by atoms with Crippen LogP contribution in [0.2, 0.25) is 0 Å². The van der Waals surface area contributed by atoms with Crippen molar-refractivity contribution in [1.82, 2.24) is 4.40 Å². The summed E-state index contributed by atoms with van der Waals surface area (Å²) < 4.78 is 2.26. The summed E-state index contributed by atoms with van der Waals surface area (Å²) in [5.74, 6) is 0. The molecule has 0 fully saturated rings. The Morgan fingerprint density at radius 2 is 1.83 bits per heavy atom. The number of pyridine rings is 1. The number of hydrogen-bond donors (Lipinski definition) is 0. The van der Waals surface area contributed by atoms with Gasteiger partial charge in [-0.25, -0.2) is 0 Å². The predicted octanol–water partition coefficient (Wildman–Crippen LogP) is 6.89. The molecule has 0 bridgehead atoms. The number of nitrogens with zero attached hydrogens (tertiary/aromatic N) is 1. The Balaban J connectivity index is 2.08. The van der Waals surface area contributed by atoms with Crippen LogP contribution in [-0.2, 0) is 0 Å². The lowest BCUT2D eigenvalue weighted by atomic mass is 9.99. The van der Waals surface area contributed by atoms with Gasteiger partial charge in [0.15, 0.2) is 0 Å². The largest absolute Gasteiger partial charge is 0.316 e. The highest BCUT2D eigenvalue weighted by atomic mass is 14.9. The van der Waals surface area contributed by atoms with Crippen LogP contribution in [0.1, 0.15) is 44.7 Å². The van der Waals surface area contributed by atoms with Gasteiger partial charge >= 0.3 is 0 Å². The molecule has 122 valence electrons. The van der Waals surface area contributed by atoms with Crippen LogP contribution in [0.3, 0.4) is 0 Å². The van der Waals surface area contributed by atoms with Crippen molar-refractivity contribution >= 4 is 27.6 Å². The second-order valence-corrected chi connectivity index (χ2v) is 6.77. The molecule has 0 saturated carbocycles. The molecule has 0 amide bonds. The Kier molecular flexibility index (Phi) is 4.44.